The smallest absolute Gasteiger partial charge is 0.236 e. The van der Waals surface area contributed by atoms with E-state index in [1.807, 2.05) is 70.4 Å². The number of thiophene rings is 1. The Morgan fingerprint density at radius 2 is 1.73 bits per heavy atom. The fourth-order valence-corrected chi connectivity index (χ4v) is 7.76. The average molecular weight is 711 g/mol. The van der Waals surface area contributed by atoms with Crippen LogP contribution in [0.5, 0.6) is 0 Å². The molecule has 10 heteroatoms. The quantitative estimate of drug-likeness (QED) is 0.135. The molecule has 0 bridgehead atoms. The second-order valence-corrected chi connectivity index (χ2v) is 14.6. The van der Waals surface area contributed by atoms with E-state index < -0.39 is 0 Å². The zero-order chi connectivity index (χ0) is 35.4. The molecule has 5 aromatic rings. The first kappa shape index (κ1) is 37.6. The van der Waals surface area contributed by atoms with Gasteiger partial charge in [0.05, 0.1) is 16.1 Å². The normalized spacial score (nSPS) is 15.4. The average Bonchev–Trinajstić information content (AvgIpc) is 3.71. The highest BCUT2D eigenvalue weighted by molar-refractivity contribution is 7.19. The Bertz CT molecular complexity index is 1970. The Morgan fingerprint density at radius 1 is 1.00 bits per heavy atom. The highest BCUT2D eigenvalue weighted by atomic mass is 32.1. The number of Topliss-reactive ketones (excluding diaryl/α,β-unsaturated/α-hetero) is 1. The maximum Gasteiger partial charge on any atom is 0.236 e. The van der Waals surface area contributed by atoms with Crippen LogP contribution in [0.4, 0.5) is 15.9 Å². The summed E-state index contributed by atoms with van der Waals surface area (Å²) in [5.41, 5.74) is 8.28. The van der Waals surface area contributed by atoms with Gasteiger partial charge in [0.1, 0.15) is 24.2 Å². The number of rotatable bonds is 4. The number of nitrogens with zero attached hydrogens (tertiary/aromatic N) is 4. The number of aryl methyl sites for hydroxylation is 3. The molecule has 0 saturated carbocycles. The third kappa shape index (κ3) is 8.63. The van der Waals surface area contributed by atoms with Crippen LogP contribution in [0.25, 0.3) is 21.2 Å². The minimum atomic E-state index is -0.200. The number of pyridine rings is 1. The van der Waals surface area contributed by atoms with Crippen LogP contribution in [0.1, 0.15) is 70.3 Å². The van der Waals surface area contributed by atoms with Crippen LogP contribution >= 0.6 is 11.3 Å². The van der Waals surface area contributed by atoms with Crippen LogP contribution < -0.4 is 9.80 Å². The highest BCUT2D eigenvalue weighted by Gasteiger charge is 2.45. The minimum absolute atomic E-state index is 0. The molecule has 6 heterocycles. The number of carbonyl (C=O) groups excluding carboxylic acids is 2. The molecule has 2 saturated heterocycles. The summed E-state index contributed by atoms with van der Waals surface area (Å²) in [5.74, 6) is 1.41. The molecule has 8 rings (SSSR count). The SMILES string of the molecule is C.CC(=O)c1cc(C)cnc1N1CC2(CCOCC2)C1.Cc1ccc(C=O)cc1.Cc1coc(-c2cc3c(s2)-c2ccc(F)cc2N(C)CC3)n1. The first-order chi connectivity index (χ1) is 24.0. The number of anilines is 2. The second kappa shape index (κ2) is 16.1. The zero-order valence-corrected chi connectivity index (χ0v) is 30.1. The fraction of sp³-hybridized carbons (Fsp3) is 0.366. The Labute approximate surface area is 304 Å². The van der Waals surface area contributed by atoms with Crippen molar-refractivity contribution in [3.63, 3.8) is 0 Å². The lowest BCUT2D eigenvalue weighted by atomic mass is 9.73. The number of carbonyl (C=O) groups is 2. The molecule has 3 aromatic heterocycles. The predicted molar refractivity (Wildman–Crippen MR) is 204 cm³/mol. The monoisotopic (exact) mass is 710 g/mol. The maximum atomic E-state index is 13.6. The van der Waals surface area contributed by atoms with Gasteiger partial charge in [-0.3, -0.25) is 9.59 Å². The molecule has 0 N–H and O–H groups in total. The van der Waals surface area contributed by atoms with E-state index in [4.69, 9.17) is 9.15 Å². The molecule has 1 spiro atoms. The summed E-state index contributed by atoms with van der Waals surface area (Å²) in [5, 5.41) is 0. The summed E-state index contributed by atoms with van der Waals surface area (Å²) in [6.45, 7) is 12.1. The van der Waals surface area contributed by atoms with Crippen molar-refractivity contribution in [3.05, 3.63) is 106 Å². The van der Waals surface area contributed by atoms with Crippen molar-refractivity contribution in [2.75, 3.05) is 49.7 Å². The summed E-state index contributed by atoms with van der Waals surface area (Å²) >= 11 is 1.66. The molecule has 0 atom stereocenters. The van der Waals surface area contributed by atoms with Gasteiger partial charge in [0, 0.05) is 73.2 Å². The topological polar surface area (TPSA) is 88.8 Å². The number of hydrogen-bond acceptors (Lipinski definition) is 9. The largest absolute Gasteiger partial charge is 0.444 e. The molecule has 3 aliphatic heterocycles. The summed E-state index contributed by atoms with van der Waals surface area (Å²) in [4.78, 5) is 37.3. The van der Waals surface area contributed by atoms with Crippen LogP contribution in [-0.2, 0) is 11.2 Å². The highest BCUT2D eigenvalue weighted by Crippen LogP contribution is 2.44. The Balaban J connectivity index is 0.000000159. The standard InChI is InChI=1S/C17H15FN2OS.C15H20N2O2.C8H8O.CH4/c1-10-9-21-17(19-10)15-7-11-5-6-20(2)14-8-12(18)3-4-13(14)16(11)22-15;1-11-7-13(12(2)18)14(16-8-11)17-9-15(10-17)3-5-19-6-4-15;1-7-2-4-8(6-9)5-3-7;/h3-4,7-9H,5-6H2,1-2H3;7-8H,3-6,9-10H2,1-2H3;2-6H,1H3;1H4. The van der Waals surface area contributed by atoms with Gasteiger partial charge < -0.3 is 19.0 Å². The third-order valence-electron chi connectivity index (χ3n) is 9.47. The second-order valence-electron chi connectivity index (χ2n) is 13.5. The molecule has 3 aliphatic rings. The van der Waals surface area contributed by atoms with Gasteiger partial charge in [-0.2, -0.15) is 0 Å². The number of ketones is 1. The van der Waals surface area contributed by atoms with Crippen molar-refractivity contribution in [2.45, 2.75) is 54.4 Å². The van der Waals surface area contributed by atoms with Gasteiger partial charge in [-0.05, 0) is 88.4 Å². The lowest BCUT2D eigenvalue weighted by Gasteiger charge is -2.53. The van der Waals surface area contributed by atoms with Gasteiger partial charge >= 0.3 is 0 Å². The van der Waals surface area contributed by atoms with Crippen LogP contribution in [0.15, 0.2) is 71.5 Å². The maximum absolute atomic E-state index is 13.6. The summed E-state index contributed by atoms with van der Waals surface area (Å²) in [6, 6.07) is 16.6. The van der Waals surface area contributed by atoms with Crippen LogP contribution in [0.3, 0.4) is 0 Å². The molecule has 2 fully saturated rings. The molecule has 2 aromatic carbocycles. The molecule has 8 nitrogen and oxygen atoms in total. The van der Waals surface area contributed by atoms with Crippen molar-refractivity contribution in [1.29, 1.82) is 0 Å². The molecule has 51 heavy (non-hydrogen) atoms. The van der Waals surface area contributed by atoms with Crippen molar-refractivity contribution < 1.29 is 23.1 Å². The number of halogens is 1. The summed E-state index contributed by atoms with van der Waals surface area (Å²) in [6.07, 6.45) is 7.54. The van der Waals surface area contributed by atoms with Gasteiger partial charge in [0.15, 0.2) is 5.78 Å². The molecule has 0 radical (unpaired) electrons. The van der Waals surface area contributed by atoms with E-state index >= 15 is 0 Å². The first-order valence-corrected chi connectivity index (χ1v) is 17.7. The first-order valence-electron chi connectivity index (χ1n) is 16.9. The van der Waals surface area contributed by atoms with Crippen molar-refractivity contribution >= 4 is 34.9 Å². The number of benzene rings is 2. The molecular weight excluding hydrogens is 664 g/mol. The van der Waals surface area contributed by atoms with E-state index in [0.717, 1.165) is 103 Å². The number of aromatic nitrogens is 2. The number of oxazole rings is 1. The fourth-order valence-electron chi connectivity index (χ4n) is 6.59. The number of ether oxygens (including phenoxy) is 1. The predicted octanol–water partition coefficient (Wildman–Crippen LogP) is 9.16. The summed E-state index contributed by atoms with van der Waals surface area (Å²) in [7, 11) is 2.01. The van der Waals surface area contributed by atoms with Crippen LogP contribution in [-0.4, -0.2) is 61.9 Å². The van der Waals surface area contributed by atoms with E-state index in [1.165, 1.54) is 22.1 Å². The van der Waals surface area contributed by atoms with Gasteiger partial charge in [-0.15, -0.1) is 11.3 Å². The molecule has 0 amide bonds. The Hall–Kier alpha value is -4.67. The Morgan fingerprint density at radius 3 is 2.37 bits per heavy atom. The molecule has 268 valence electrons. The Kier molecular flexibility index (Phi) is 11.9. The van der Waals surface area contributed by atoms with Crippen molar-refractivity contribution in [1.82, 2.24) is 9.97 Å². The summed E-state index contributed by atoms with van der Waals surface area (Å²) < 4.78 is 24.5. The van der Waals surface area contributed by atoms with E-state index in [0.29, 0.717) is 11.3 Å². The molecule has 0 aliphatic carbocycles. The number of hydrogen-bond donors (Lipinski definition) is 0. The van der Waals surface area contributed by atoms with Crippen molar-refractivity contribution in [2.24, 2.45) is 5.41 Å². The lowest BCUT2D eigenvalue weighted by Crippen LogP contribution is -2.59. The van der Waals surface area contributed by atoms with E-state index in [2.05, 4.69) is 25.8 Å². The van der Waals surface area contributed by atoms with E-state index in [9.17, 15) is 14.0 Å². The van der Waals surface area contributed by atoms with Crippen LogP contribution in [0, 0.1) is 32.0 Å². The van der Waals surface area contributed by atoms with E-state index in [-0.39, 0.29) is 19.0 Å². The van der Waals surface area contributed by atoms with Crippen LogP contribution in [0.2, 0.25) is 0 Å². The van der Waals surface area contributed by atoms with Gasteiger partial charge in [-0.25, -0.2) is 14.4 Å². The van der Waals surface area contributed by atoms with Crippen molar-refractivity contribution in [3.8, 4) is 21.2 Å². The minimum Gasteiger partial charge on any atom is -0.444 e. The van der Waals surface area contributed by atoms with Gasteiger partial charge in [0.25, 0.3) is 0 Å². The molecular formula is C41H47FN4O4S. The van der Waals surface area contributed by atoms with E-state index in [1.54, 1.807) is 30.6 Å². The van der Waals surface area contributed by atoms with Gasteiger partial charge in [-0.1, -0.05) is 37.3 Å². The zero-order valence-electron chi connectivity index (χ0n) is 29.3. The number of fused-ring (bicyclic) bond motifs is 3. The number of aldehydes is 1. The number of likely N-dealkylation sites (N-methyl/N-ethyl adjacent to an activating group) is 1. The lowest BCUT2D eigenvalue weighted by molar-refractivity contribution is -0.000511. The molecule has 0 unspecified atom stereocenters. The van der Waals surface area contributed by atoms with Gasteiger partial charge in [0.2, 0.25) is 5.89 Å². The third-order valence-corrected chi connectivity index (χ3v) is 10.7.